The van der Waals surface area contributed by atoms with Gasteiger partial charge in [-0.1, -0.05) is 78.8 Å². The van der Waals surface area contributed by atoms with Crippen molar-refractivity contribution in [1.29, 1.82) is 0 Å². The van der Waals surface area contributed by atoms with E-state index in [2.05, 4.69) is 113 Å². The van der Waals surface area contributed by atoms with E-state index < -0.39 is 18.3 Å². The number of rotatable bonds is 8. The maximum Gasteiger partial charge on any atom is 0.495 e. The lowest BCUT2D eigenvalue weighted by atomic mass is 9.57. The molecule has 2 aromatic rings. The summed E-state index contributed by atoms with van der Waals surface area (Å²) in [6, 6.07) is 13.5. The summed E-state index contributed by atoms with van der Waals surface area (Å²) >= 11 is 0. The first-order valence-corrected chi connectivity index (χ1v) is 17.1. The maximum atomic E-state index is 6.70. The Hall–Kier alpha value is -1.82. The van der Waals surface area contributed by atoms with Gasteiger partial charge in [0.2, 0.25) is 0 Å². The van der Waals surface area contributed by atoms with Crippen LogP contribution in [0.5, 0.6) is 5.75 Å². The number of methoxy groups -OCH3 is 1. The summed E-state index contributed by atoms with van der Waals surface area (Å²) in [6.45, 7) is 25.6. The van der Waals surface area contributed by atoms with Gasteiger partial charge in [-0.05, 0) is 123 Å². The van der Waals surface area contributed by atoms with E-state index >= 15 is 0 Å². The van der Waals surface area contributed by atoms with Crippen molar-refractivity contribution in [2.45, 2.75) is 137 Å². The van der Waals surface area contributed by atoms with Crippen LogP contribution >= 0.6 is 0 Å². The predicted molar refractivity (Wildman–Crippen MR) is 184 cm³/mol. The van der Waals surface area contributed by atoms with Gasteiger partial charge in [0.25, 0.3) is 0 Å². The molecule has 2 unspecified atom stereocenters. The van der Waals surface area contributed by atoms with Crippen LogP contribution in [0.4, 0.5) is 0 Å². The molecule has 44 heavy (non-hydrogen) atoms. The van der Waals surface area contributed by atoms with Crippen molar-refractivity contribution in [2.75, 3.05) is 13.9 Å². The monoisotopic (exact) mass is 602 g/mol. The quantitative estimate of drug-likeness (QED) is 0.223. The fourth-order valence-electron chi connectivity index (χ4n) is 9.10. The van der Waals surface area contributed by atoms with Crippen LogP contribution in [0.25, 0.3) is 11.1 Å². The summed E-state index contributed by atoms with van der Waals surface area (Å²) in [7, 11) is 1.25. The van der Waals surface area contributed by atoms with Crippen LogP contribution in [0.2, 0.25) is 0 Å². The molecule has 2 atom stereocenters. The second-order valence-electron chi connectivity index (χ2n) is 17.8. The first-order valence-electron chi connectivity index (χ1n) is 17.1. The van der Waals surface area contributed by atoms with Crippen LogP contribution in [-0.4, -0.2) is 32.2 Å². The van der Waals surface area contributed by atoms with Gasteiger partial charge >= 0.3 is 7.12 Å². The van der Waals surface area contributed by atoms with E-state index in [1.165, 1.54) is 43.2 Å². The Morgan fingerprint density at radius 1 is 0.841 bits per heavy atom. The number of hydrogen-bond acceptors (Lipinski definition) is 4. The molecule has 2 saturated carbocycles. The molecular formula is C39H59BO4. The van der Waals surface area contributed by atoms with E-state index in [1.54, 1.807) is 7.11 Å². The van der Waals surface area contributed by atoms with Crippen molar-refractivity contribution in [3.63, 3.8) is 0 Å². The van der Waals surface area contributed by atoms with Crippen LogP contribution < -0.4 is 10.2 Å². The molecule has 2 aliphatic carbocycles. The van der Waals surface area contributed by atoms with Gasteiger partial charge < -0.3 is 18.8 Å². The maximum absolute atomic E-state index is 6.70. The summed E-state index contributed by atoms with van der Waals surface area (Å²) in [6.07, 6.45) is 7.55. The van der Waals surface area contributed by atoms with Gasteiger partial charge in [0, 0.05) is 18.2 Å². The van der Waals surface area contributed by atoms with Gasteiger partial charge in [0.1, 0.15) is 5.75 Å². The number of hydrogen-bond donors (Lipinski definition) is 0. The Morgan fingerprint density at radius 2 is 1.43 bits per heavy atom. The molecule has 0 amide bonds. The minimum absolute atomic E-state index is 0.0264. The van der Waals surface area contributed by atoms with Crippen molar-refractivity contribution in [3.05, 3.63) is 47.5 Å². The SMILES string of the molecule is COCOc1c(-c2ccccc2B2OC(C)(C)C(C)(C)O2)cc(C(C)(C)CC(C)(C)C)cc1C1(C)CC2CC(C)CC(C2)C1. The number of benzene rings is 2. The molecule has 5 rings (SSSR count). The lowest BCUT2D eigenvalue weighted by Crippen LogP contribution is -2.41. The highest BCUT2D eigenvalue weighted by molar-refractivity contribution is 6.64. The van der Waals surface area contributed by atoms with E-state index in [4.69, 9.17) is 18.8 Å². The standard InChI is InChI=1S/C39H59BO4/c1-26-17-27-19-28(18-26)23-39(11,22-27)32-21-29(36(5,6)24-35(2,3)4)20-31(34(32)42-25-41-12)30-15-13-14-16-33(30)40-43-37(7,8)38(9,10)44-40/h13-16,20-21,26-28H,17-19,22-25H2,1-12H3. The van der Waals surface area contributed by atoms with Crippen molar-refractivity contribution in [1.82, 2.24) is 0 Å². The molecule has 1 heterocycles. The molecule has 0 radical (unpaired) electrons. The molecule has 1 saturated heterocycles. The van der Waals surface area contributed by atoms with Gasteiger partial charge in [0.15, 0.2) is 6.79 Å². The van der Waals surface area contributed by atoms with Crippen LogP contribution in [0.3, 0.4) is 0 Å². The fraction of sp³-hybridized carbons (Fsp3) is 0.692. The molecule has 3 aliphatic rings. The summed E-state index contributed by atoms with van der Waals surface area (Å²) in [4.78, 5) is 0. The smallest absolute Gasteiger partial charge is 0.467 e. The third-order valence-electron chi connectivity index (χ3n) is 11.2. The van der Waals surface area contributed by atoms with Crippen LogP contribution in [-0.2, 0) is 24.9 Å². The average molecular weight is 603 g/mol. The second-order valence-corrected chi connectivity index (χ2v) is 17.8. The van der Waals surface area contributed by atoms with E-state index in [-0.39, 0.29) is 23.0 Å². The molecule has 242 valence electrons. The van der Waals surface area contributed by atoms with Crippen molar-refractivity contribution in [3.8, 4) is 16.9 Å². The zero-order valence-electron chi connectivity index (χ0n) is 29.9. The fourth-order valence-corrected chi connectivity index (χ4v) is 9.10. The molecule has 0 N–H and O–H groups in total. The Kier molecular flexibility index (Phi) is 8.97. The topological polar surface area (TPSA) is 36.9 Å². The third-order valence-corrected chi connectivity index (χ3v) is 11.2. The predicted octanol–water partition coefficient (Wildman–Crippen LogP) is 9.45. The van der Waals surface area contributed by atoms with Crippen LogP contribution in [0.15, 0.2) is 36.4 Å². The molecule has 2 aromatic carbocycles. The average Bonchev–Trinajstić information content (AvgIpc) is 3.11. The zero-order chi connectivity index (χ0) is 32.3. The third kappa shape index (κ3) is 6.67. The molecule has 2 bridgehead atoms. The number of fused-ring (bicyclic) bond motifs is 2. The van der Waals surface area contributed by atoms with E-state index in [0.717, 1.165) is 46.5 Å². The Labute approximate surface area is 269 Å². The highest BCUT2D eigenvalue weighted by atomic mass is 16.7. The molecule has 4 nitrogen and oxygen atoms in total. The summed E-state index contributed by atoms with van der Waals surface area (Å²) in [5.74, 6) is 3.32. The second kappa shape index (κ2) is 11.8. The van der Waals surface area contributed by atoms with Crippen molar-refractivity contribution < 1.29 is 18.8 Å². The zero-order valence-corrected chi connectivity index (χ0v) is 29.9. The van der Waals surface area contributed by atoms with Gasteiger partial charge in [-0.2, -0.15) is 0 Å². The minimum atomic E-state index is -0.465. The van der Waals surface area contributed by atoms with E-state index in [0.29, 0.717) is 0 Å². The first-order chi connectivity index (χ1) is 20.3. The van der Waals surface area contributed by atoms with Crippen LogP contribution in [0.1, 0.15) is 126 Å². The molecule has 5 heteroatoms. The molecular weight excluding hydrogens is 543 g/mol. The van der Waals surface area contributed by atoms with Gasteiger partial charge in [-0.15, -0.1) is 0 Å². The van der Waals surface area contributed by atoms with E-state index in [1.807, 2.05) is 0 Å². The summed E-state index contributed by atoms with van der Waals surface area (Å²) < 4.78 is 25.5. The molecule has 3 fully saturated rings. The normalized spacial score (nSPS) is 28.3. The summed E-state index contributed by atoms with van der Waals surface area (Å²) in [5, 5.41) is 0. The van der Waals surface area contributed by atoms with Crippen molar-refractivity contribution in [2.24, 2.45) is 23.2 Å². The van der Waals surface area contributed by atoms with Crippen LogP contribution in [0, 0.1) is 23.2 Å². The molecule has 0 spiro atoms. The highest BCUT2D eigenvalue weighted by Gasteiger charge is 2.52. The molecule has 0 aromatic heterocycles. The van der Waals surface area contributed by atoms with Gasteiger partial charge in [-0.25, -0.2) is 0 Å². The highest BCUT2D eigenvalue weighted by Crippen LogP contribution is 2.55. The first kappa shape index (κ1) is 33.5. The molecule has 1 aliphatic heterocycles. The lowest BCUT2D eigenvalue weighted by molar-refractivity contribution is 0.00578. The van der Waals surface area contributed by atoms with Gasteiger partial charge in [-0.3, -0.25) is 0 Å². The Morgan fingerprint density at radius 3 is 2.00 bits per heavy atom. The largest absolute Gasteiger partial charge is 0.495 e. The summed E-state index contributed by atoms with van der Waals surface area (Å²) in [5.41, 5.74) is 5.33. The number of ether oxygens (including phenoxy) is 2. The Balaban J connectivity index is 1.74. The van der Waals surface area contributed by atoms with E-state index in [9.17, 15) is 0 Å². The van der Waals surface area contributed by atoms with Crippen molar-refractivity contribution >= 4 is 12.6 Å². The van der Waals surface area contributed by atoms with Gasteiger partial charge in [0.05, 0.1) is 11.2 Å². The minimum Gasteiger partial charge on any atom is -0.467 e. The lowest BCUT2D eigenvalue weighted by Gasteiger charge is -2.48. The Bertz CT molecular complexity index is 1300.